The van der Waals surface area contributed by atoms with Crippen molar-refractivity contribution in [1.29, 1.82) is 0 Å². The van der Waals surface area contributed by atoms with Gasteiger partial charge in [-0.05, 0) is 95.8 Å². The maximum atomic E-state index is 14.5. The number of rotatable bonds is 35. The molecule has 17 N–H and O–H groups in total. The largest absolute Gasteiger partial charge is 0.481 e. The van der Waals surface area contributed by atoms with Gasteiger partial charge in [0, 0.05) is 32.5 Å². The normalized spacial score (nSPS) is 19.9. The van der Waals surface area contributed by atoms with Crippen LogP contribution in [-0.2, 0) is 71.9 Å². The first-order valence-electron chi connectivity index (χ1n) is 29.9. The molecule has 0 spiro atoms. The third-order valence-corrected chi connectivity index (χ3v) is 15.3. The Labute approximate surface area is 515 Å². The van der Waals surface area contributed by atoms with Crippen molar-refractivity contribution < 1.29 is 97.5 Å². The van der Waals surface area contributed by atoms with Crippen molar-refractivity contribution in [3.8, 4) is 0 Å². The Morgan fingerprint density at radius 2 is 0.933 bits per heavy atom. The van der Waals surface area contributed by atoms with Crippen LogP contribution in [-0.4, -0.2) is 234 Å². The first-order valence-corrected chi connectivity index (χ1v) is 29.9. The second kappa shape index (κ2) is 35.2. The van der Waals surface area contributed by atoms with Gasteiger partial charge in [0.15, 0.2) is 0 Å². The average molecular weight is 1270 g/mol. The summed E-state index contributed by atoms with van der Waals surface area (Å²) >= 11 is 0. The van der Waals surface area contributed by atoms with Crippen LogP contribution in [0.5, 0.6) is 0 Å². The molecule has 3 heterocycles. The zero-order valence-corrected chi connectivity index (χ0v) is 51.6. The van der Waals surface area contributed by atoms with Crippen molar-refractivity contribution in [2.75, 3.05) is 26.2 Å². The molecule has 3 saturated heterocycles. The molecule has 13 atom stereocenters. The third kappa shape index (κ3) is 23.1. The van der Waals surface area contributed by atoms with Crippen LogP contribution in [0.3, 0.4) is 0 Å². The summed E-state index contributed by atoms with van der Waals surface area (Å²) in [5, 5.41) is 69.0. The van der Waals surface area contributed by atoms with Gasteiger partial charge < -0.3 is 94.2 Å². The number of carbonyl (C=O) groups excluding carboxylic acids is 12. The Morgan fingerprint density at radius 3 is 1.45 bits per heavy atom. The molecule has 89 heavy (non-hydrogen) atoms. The topological polar surface area (TPSA) is 515 Å². The number of primary amides is 1. The number of aliphatic hydroxyl groups excluding tert-OH is 2. The summed E-state index contributed by atoms with van der Waals surface area (Å²) in [7, 11) is 0. The number of aliphatic hydroxyl groups is 2. The fourth-order valence-corrected chi connectivity index (χ4v) is 10.7. The standard InChI is InChI=1S/C56H91N13O20/c1-26(2)22-34(54(86)67-19-9-12-36(67)48(80)61-32(15-17-39(58)72)46(78)59-25-40(73)60-33(16-18-41(74)75)47(79)63-35(56(88)89)23-27(3)4)62-51(83)44(29(7)70)66-50(82)43(28(5)6)64-52(84)45(30(8)71)65-49(81)37-13-10-20-68(37)55(87)38-14-11-21-69(38)53(85)31(57)24-42(76)77/h26-38,43-45,70-71H,9-25,57H2,1-8H3,(H2,58,72)(H,59,78)(H,60,73)(H,61,80)(H,62,83)(H,63,79)(H,64,84)(H,65,81)(H,66,82)(H,74,75)(H,76,77)(H,88,89)/t29-,30-,31+,32+,33+,34+,35+,36+,37+,38+,43+,44+,45+/m1/s1. The van der Waals surface area contributed by atoms with Crippen LogP contribution >= 0.6 is 0 Å². The first kappa shape index (κ1) is 75.2. The zero-order valence-electron chi connectivity index (χ0n) is 51.6. The van der Waals surface area contributed by atoms with Crippen LogP contribution in [0.4, 0.5) is 0 Å². The molecule has 33 nitrogen and oxygen atoms in total. The van der Waals surface area contributed by atoms with Crippen LogP contribution < -0.4 is 54.0 Å². The molecule has 3 aliphatic rings. The summed E-state index contributed by atoms with van der Waals surface area (Å²) in [5.74, 6) is -16.0. The lowest BCUT2D eigenvalue weighted by atomic mass is 9.99. The van der Waals surface area contributed by atoms with Gasteiger partial charge in [-0.1, -0.05) is 41.5 Å². The van der Waals surface area contributed by atoms with E-state index in [1.165, 1.54) is 37.5 Å². The minimum Gasteiger partial charge on any atom is -0.481 e. The van der Waals surface area contributed by atoms with Gasteiger partial charge in [-0.2, -0.15) is 0 Å². The summed E-state index contributed by atoms with van der Waals surface area (Å²) in [6.07, 6.45) is -4.37. The van der Waals surface area contributed by atoms with E-state index in [0.717, 1.165) is 4.90 Å². The minimum absolute atomic E-state index is 0.0130. The summed E-state index contributed by atoms with van der Waals surface area (Å²) in [6.45, 7) is 11.7. The van der Waals surface area contributed by atoms with E-state index in [1.807, 2.05) is 0 Å². The number of nitrogens with two attached hydrogens (primary N) is 2. The summed E-state index contributed by atoms with van der Waals surface area (Å²) < 4.78 is 0. The second-order valence-corrected chi connectivity index (χ2v) is 24.0. The van der Waals surface area contributed by atoms with E-state index in [-0.39, 0.29) is 70.0 Å². The molecule has 0 bridgehead atoms. The maximum Gasteiger partial charge on any atom is 0.326 e. The Bertz CT molecular complexity index is 2600. The van der Waals surface area contributed by atoms with Crippen molar-refractivity contribution in [2.24, 2.45) is 29.2 Å². The number of amides is 12. The molecule has 0 aliphatic carbocycles. The van der Waals surface area contributed by atoms with Gasteiger partial charge in [-0.3, -0.25) is 67.1 Å². The van der Waals surface area contributed by atoms with E-state index in [9.17, 15) is 92.3 Å². The molecule has 0 radical (unpaired) electrons. The molecule has 3 fully saturated rings. The Morgan fingerprint density at radius 1 is 0.483 bits per heavy atom. The number of aliphatic carboxylic acids is 3. The van der Waals surface area contributed by atoms with Crippen molar-refractivity contribution in [3.05, 3.63) is 0 Å². The average Bonchev–Trinajstić information content (AvgIpc) is 2.34. The summed E-state index contributed by atoms with van der Waals surface area (Å²) in [6, 6.07) is -15.7. The van der Waals surface area contributed by atoms with Gasteiger partial charge in [-0.25, -0.2) is 4.79 Å². The van der Waals surface area contributed by atoms with E-state index in [2.05, 4.69) is 42.5 Å². The van der Waals surface area contributed by atoms with Crippen molar-refractivity contribution >= 4 is 88.8 Å². The van der Waals surface area contributed by atoms with Gasteiger partial charge >= 0.3 is 17.9 Å². The van der Waals surface area contributed by atoms with Crippen molar-refractivity contribution in [2.45, 2.75) is 218 Å². The van der Waals surface area contributed by atoms with Crippen LogP contribution in [0.25, 0.3) is 0 Å². The van der Waals surface area contributed by atoms with E-state index in [1.54, 1.807) is 27.7 Å². The SMILES string of the molecule is CC(C)C[C@H](NC(=O)[C@H](CCC(=O)O)NC(=O)CNC(=O)[C@H](CCC(N)=O)NC(=O)[C@@H]1CCCN1C(=O)[C@H](CC(C)C)NC(=O)[C@@H](NC(=O)[C@@H](NC(=O)[C@@H](NC(=O)[C@@H]1CCCN1C(=O)[C@@H]1CCCN1C(=O)[C@@H](N)CC(=O)O)[C@@H](C)O)C(C)C)[C@@H](C)O)C(=O)O. The lowest BCUT2D eigenvalue weighted by Crippen LogP contribution is -2.63. The molecule has 12 amide bonds. The number of likely N-dealkylation sites (tertiary alicyclic amines) is 3. The molecular weight excluding hydrogens is 1170 g/mol. The van der Waals surface area contributed by atoms with Crippen LogP contribution in [0.1, 0.15) is 139 Å². The summed E-state index contributed by atoms with van der Waals surface area (Å²) in [4.78, 5) is 201. The van der Waals surface area contributed by atoms with Gasteiger partial charge in [0.25, 0.3) is 0 Å². The number of carboxylic acid groups (broad SMARTS) is 3. The highest BCUT2D eigenvalue weighted by Gasteiger charge is 2.45. The van der Waals surface area contributed by atoms with Crippen molar-refractivity contribution in [1.82, 2.24) is 57.2 Å². The van der Waals surface area contributed by atoms with Crippen LogP contribution in [0, 0.1) is 17.8 Å². The van der Waals surface area contributed by atoms with E-state index < -0.39 is 212 Å². The number of hydrogen-bond acceptors (Lipinski definition) is 18. The van der Waals surface area contributed by atoms with Gasteiger partial charge in [-0.15, -0.1) is 0 Å². The zero-order chi connectivity index (χ0) is 67.3. The lowest BCUT2D eigenvalue weighted by molar-refractivity contribution is -0.148. The van der Waals surface area contributed by atoms with Gasteiger partial charge in [0.2, 0.25) is 70.9 Å². The fraction of sp³-hybridized carbons (Fsp3) is 0.732. The number of hydrogen-bond donors (Lipinski definition) is 15. The monoisotopic (exact) mass is 1270 g/mol. The second-order valence-electron chi connectivity index (χ2n) is 24.0. The Balaban J connectivity index is 1.74. The molecule has 500 valence electrons. The van der Waals surface area contributed by atoms with Crippen molar-refractivity contribution in [3.63, 3.8) is 0 Å². The van der Waals surface area contributed by atoms with Crippen LogP contribution in [0.2, 0.25) is 0 Å². The Kier molecular flexibility index (Phi) is 29.7. The smallest absolute Gasteiger partial charge is 0.326 e. The predicted octanol–water partition coefficient (Wildman–Crippen LogP) is -5.00. The molecule has 0 aromatic heterocycles. The minimum atomic E-state index is -1.78. The Hall–Kier alpha value is -8.07. The molecule has 0 unspecified atom stereocenters. The quantitative estimate of drug-likeness (QED) is 0.0282. The highest BCUT2D eigenvalue weighted by atomic mass is 16.4. The molecule has 0 aromatic rings. The third-order valence-electron chi connectivity index (χ3n) is 15.3. The lowest BCUT2D eigenvalue weighted by Gasteiger charge is -2.33. The predicted molar refractivity (Wildman–Crippen MR) is 311 cm³/mol. The highest BCUT2D eigenvalue weighted by molar-refractivity contribution is 6.00. The van der Waals surface area contributed by atoms with Gasteiger partial charge in [0.1, 0.15) is 60.4 Å². The van der Waals surface area contributed by atoms with E-state index >= 15 is 0 Å². The molecule has 0 saturated carbocycles. The van der Waals surface area contributed by atoms with E-state index in [4.69, 9.17) is 16.6 Å². The highest BCUT2D eigenvalue weighted by Crippen LogP contribution is 2.27. The van der Waals surface area contributed by atoms with Crippen LogP contribution in [0.15, 0.2) is 0 Å². The molecule has 3 aliphatic heterocycles. The van der Waals surface area contributed by atoms with Gasteiger partial charge in [0.05, 0.1) is 31.2 Å². The maximum absolute atomic E-state index is 14.5. The number of carboxylic acids is 3. The summed E-state index contributed by atoms with van der Waals surface area (Å²) in [5.41, 5.74) is 11.2. The number of nitrogens with one attached hydrogen (secondary N) is 8. The molecule has 33 heteroatoms. The molecule has 0 aromatic carbocycles. The first-order chi connectivity index (χ1) is 41.6. The van der Waals surface area contributed by atoms with E-state index in [0.29, 0.717) is 12.8 Å². The molecule has 3 rings (SSSR count). The number of carbonyl (C=O) groups is 15. The molecular formula is C56H91N13O20. The fourth-order valence-electron chi connectivity index (χ4n) is 10.7. The number of nitrogens with zero attached hydrogens (tertiary/aromatic N) is 3.